The summed E-state index contributed by atoms with van der Waals surface area (Å²) in [6.07, 6.45) is 1.71. The lowest BCUT2D eigenvalue weighted by molar-refractivity contribution is 0.386. The highest BCUT2D eigenvalue weighted by molar-refractivity contribution is 5.37. The maximum Gasteiger partial charge on any atom is 0.165 e. The lowest BCUT2D eigenvalue weighted by Crippen LogP contribution is -2.14. The number of rotatable bonds is 3. The zero-order valence-corrected chi connectivity index (χ0v) is 10.4. The Balaban J connectivity index is 2.37. The molecule has 0 aliphatic carbocycles. The van der Waals surface area contributed by atoms with Gasteiger partial charge in [-0.15, -0.1) is 0 Å². The van der Waals surface area contributed by atoms with Crippen LogP contribution in [0, 0.1) is 12.7 Å². The fourth-order valence-corrected chi connectivity index (χ4v) is 1.88. The molecule has 1 unspecified atom stereocenters. The van der Waals surface area contributed by atoms with Gasteiger partial charge < -0.3 is 10.5 Å². The summed E-state index contributed by atoms with van der Waals surface area (Å²) in [6.45, 7) is 1.88. The van der Waals surface area contributed by atoms with E-state index in [0.29, 0.717) is 5.56 Å². The molecule has 0 bridgehead atoms. The summed E-state index contributed by atoms with van der Waals surface area (Å²) >= 11 is 0. The molecule has 0 radical (unpaired) electrons. The number of hydrogen-bond acceptors (Lipinski definition) is 3. The Hall–Kier alpha value is -1.94. The summed E-state index contributed by atoms with van der Waals surface area (Å²) in [5.41, 5.74) is 8.57. The van der Waals surface area contributed by atoms with E-state index in [-0.39, 0.29) is 11.8 Å². The number of pyridine rings is 1. The second-order valence-electron chi connectivity index (χ2n) is 4.05. The van der Waals surface area contributed by atoms with Crippen LogP contribution in [0.25, 0.3) is 0 Å². The van der Waals surface area contributed by atoms with Crippen LogP contribution in [0.2, 0.25) is 0 Å². The Morgan fingerprint density at radius 3 is 2.72 bits per heavy atom. The fourth-order valence-electron chi connectivity index (χ4n) is 1.88. The number of aromatic nitrogens is 1. The Morgan fingerprint density at radius 1 is 1.33 bits per heavy atom. The molecule has 94 valence electrons. The number of halogens is 1. The summed E-state index contributed by atoms with van der Waals surface area (Å²) < 4.78 is 18.5. The molecule has 0 amide bonds. The Labute approximate surface area is 105 Å². The highest BCUT2D eigenvalue weighted by Crippen LogP contribution is 2.25. The average molecular weight is 246 g/mol. The minimum Gasteiger partial charge on any atom is -0.494 e. The molecule has 2 aromatic rings. The van der Waals surface area contributed by atoms with Gasteiger partial charge in [0.15, 0.2) is 11.6 Å². The Morgan fingerprint density at radius 2 is 2.11 bits per heavy atom. The van der Waals surface area contributed by atoms with Crippen molar-refractivity contribution in [3.05, 3.63) is 59.2 Å². The molecule has 0 aliphatic heterocycles. The van der Waals surface area contributed by atoms with Crippen LogP contribution in [0.1, 0.15) is 22.9 Å². The van der Waals surface area contributed by atoms with Gasteiger partial charge in [-0.3, -0.25) is 4.98 Å². The lowest BCUT2D eigenvalue weighted by Gasteiger charge is -2.15. The zero-order valence-electron chi connectivity index (χ0n) is 10.4. The van der Waals surface area contributed by atoms with Crippen molar-refractivity contribution in [2.45, 2.75) is 13.0 Å². The average Bonchev–Trinajstić information content (AvgIpc) is 2.38. The van der Waals surface area contributed by atoms with Crippen LogP contribution in [-0.4, -0.2) is 12.1 Å². The van der Waals surface area contributed by atoms with Crippen molar-refractivity contribution in [2.75, 3.05) is 7.11 Å². The summed E-state index contributed by atoms with van der Waals surface area (Å²) in [7, 11) is 1.43. The number of aryl methyl sites for hydroxylation is 1. The first kappa shape index (κ1) is 12.5. The van der Waals surface area contributed by atoms with Gasteiger partial charge in [0.25, 0.3) is 0 Å². The Bertz CT molecular complexity index is 557. The largest absolute Gasteiger partial charge is 0.494 e. The molecule has 1 aromatic heterocycles. The van der Waals surface area contributed by atoms with Crippen LogP contribution in [-0.2, 0) is 0 Å². The van der Waals surface area contributed by atoms with Crippen LogP contribution >= 0.6 is 0 Å². The van der Waals surface area contributed by atoms with Gasteiger partial charge in [0.1, 0.15) is 0 Å². The van der Waals surface area contributed by atoms with Crippen LogP contribution in [0.15, 0.2) is 36.5 Å². The number of nitrogens with zero attached hydrogens (tertiary/aromatic N) is 1. The van der Waals surface area contributed by atoms with Crippen molar-refractivity contribution < 1.29 is 9.13 Å². The van der Waals surface area contributed by atoms with Crippen molar-refractivity contribution >= 4 is 0 Å². The van der Waals surface area contributed by atoms with Crippen LogP contribution in [0.4, 0.5) is 4.39 Å². The predicted molar refractivity (Wildman–Crippen MR) is 68.0 cm³/mol. The third-order valence-corrected chi connectivity index (χ3v) is 2.92. The van der Waals surface area contributed by atoms with E-state index in [1.54, 1.807) is 18.3 Å². The van der Waals surface area contributed by atoms with Crippen LogP contribution < -0.4 is 10.5 Å². The van der Waals surface area contributed by atoms with E-state index in [2.05, 4.69) is 4.98 Å². The molecule has 18 heavy (non-hydrogen) atoms. The summed E-state index contributed by atoms with van der Waals surface area (Å²) in [5.74, 6) is -0.194. The topological polar surface area (TPSA) is 48.1 Å². The van der Waals surface area contributed by atoms with E-state index in [9.17, 15) is 4.39 Å². The van der Waals surface area contributed by atoms with Gasteiger partial charge in [0, 0.05) is 11.9 Å². The number of methoxy groups -OCH3 is 1. The van der Waals surface area contributed by atoms with Gasteiger partial charge >= 0.3 is 0 Å². The second kappa shape index (κ2) is 5.14. The number of benzene rings is 1. The standard InChI is InChI=1S/C14H15FN2O/c1-9-11(4-3-7-17-9)14(16)10-5-6-13(18-2)12(15)8-10/h3-8,14H,16H2,1-2H3. The highest BCUT2D eigenvalue weighted by atomic mass is 19.1. The van der Waals surface area contributed by atoms with E-state index < -0.39 is 5.82 Å². The normalized spacial score (nSPS) is 12.2. The minimum atomic E-state index is -0.410. The van der Waals surface area contributed by atoms with E-state index in [4.69, 9.17) is 10.5 Å². The van der Waals surface area contributed by atoms with E-state index in [0.717, 1.165) is 11.3 Å². The van der Waals surface area contributed by atoms with Crippen molar-refractivity contribution in [3.63, 3.8) is 0 Å². The lowest BCUT2D eigenvalue weighted by atomic mass is 9.98. The van der Waals surface area contributed by atoms with Gasteiger partial charge in [0.05, 0.1) is 13.2 Å². The Kier molecular flexibility index (Phi) is 3.58. The van der Waals surface area contributed by atoms with E-state index in [1.165, 1.54) is 13.2 Å². The van der Waals surface area contributed by atoms with Crippen LogP contribution in [0.3, 0.4) is 0 Å². The first-order valence-electron chi connectivity index (χ1n) is 5.64. The van der Waals surface area contributed by atoms with Crippen molar-refractivity contribution in [2.24, 2.45) is 5.73 Å². The van der Waals surface area contributed by atoms with Crippen molar-refractivity contribution in [1.29, 1.82) is 0 Å². The third kappa shape index (κ3) is 2.33. The molecule has 0 aliphatic rings. The molecule has 0 saturated heterocycles. The molecule has 0 spiro atoms. The maximum atomic E-state index is 13.6. The third-order valence-electron chi connectivity index (χ3n) is 2.92. The molecule has 4 heteroatoms. The molecule has 0 fully saturated rings. The number of ether oxygens (including phenoxy) is 1. The minimum absolute atomic E-state index is 0.217. The maximum absolute atomic E-state index is 13.6. The van der Waals surface area contributed by atoms with Crippen LogP contribution in [0.5, 0.6) is 5.75 Å². The molecule has 2 rings (SSSR count). The molecular formula is C14H15FN2O. The van der Waals surface area contributed by atoms with Gasteiger partial charge in [-0.25, -0.2) is 4.39 Å². The fraction of sp³-hybridized carbons (Fsp3) is 0.214. The van der Waals surface area contributed by atoms with Crippen molar-refractivity contribution in [1.82, 2.24) is 4.98 Å². The van der Waals surface area contributed by atoms with Crippen molar-refractivity contribution in [3.8, 4) is 5.75 Å². The zero-order chi connectivity index (χ0) is 13.1. The molecule has 1 atom stereocenters. The monoisotopic (exact) mass is 246 g/mol. The molecule has 1 heterocycles. The number of hydrogen-bond donors (Lipinski definition) is 1. The number of nitrogens with two attached hydrogens (primary N) is 1. The first-order chi connectivity index (χ1) is 8.63. The highest BCUT2D eigenvalue weighted by Gasteiger charge is 2.14. The molecule has 1 aromatic carbocycles. The molecule has 2 N–H and O–H groups in total. The summed E-state index contributed by atoms with van der Waals surface area (Å²) in [5, 5.41) is 0. The molecule has 0 saturated carbocycles. The quantitative estimate of drug-likeness (QED) is 0.905. The van der Waals surface area contributed by atoms with E-state index >= 15 is 0 Å². The van der Waals surface area contributed by atoms with Gasteiger partial charge in [-0.2, -0.15) is 0 Å². The first-order valence-corrected chi connectivity index (χ1v) is 5.64. The SMILES string of the molecule is COc1ccc(C(N)c2cccnc2C)cc1F. The summed E-state index contributed by atoms with van der Waals surface area (Å²) in [4.78, 5) is 4.18. The second-order valence-corrected chi connectivity index (χ2v) is 4.05. The molecule has 3 nitrogen and oxygen atoms in total. The van der Waals surface area contributed by atoms with Gasteiger partial charge in [-0.05, 0) is 36.2 Å². The van der Waals surface area contributed by atoms with E-state index in [1.807, 2.05) is 19.1 Å². The molecular weight excluding hydrogens is 231 g/mol. The smallest absolute Gasteiger partial charge is 0.165 e. The summed E-state index contributed by atoms with van der Waals surface area (Å²) in [6, 6.07) is 8.07. The predicted octanol–water partition coefficient (Wildman–Crippen LogP) is 2.59. The van der Waals surface area contributed by atoms with Gasteiger partial charge in [-0.1, -0.05) is 12.1 Å². The van der Waals surface area contributed by atoms with Gasteiger partial charge in [0.2, 0.25) is 0 Å².